The summed E-state index contributed by atoms with van der Waals surface area (Å²) in [6.07, 6.45) is 0. The van der Waals surface area contributed by atoms with E-state index in [-0.39, 0.29) is 0 Å². The van der Waals surface area contributed by atoms with Gasteiger partial charge in [0.2, 0.25) is 0 Å². The number of thiophene rings is 1. The van der Waals surface area contributed by atoms with Crippen molar-refractivity contribution in [1.29, 1.82) is 0 Å². The summed E-state index contributed by atoms with van der Waals surface area (Å²) in [4.78, 5) is 11.1. The molecule has 0 aliphatic heterocycles. The molecule has 12 heavy (non-hydrogen) atoms. The molecule has 0 aliphatic carbocycles. The average Bonchev–Trinajstić information content (AvgIpc) is 2.54. The Kier molecular flexibility index (Phi) is 2.46. The van der Waals surface area contributed by atoms with Crippen molar-refractivity contribution >= 4 is 17.3 Å². The van der Waals surface area contributed by atoms with E-state index in [2.05, 4.69) is 0 Å². The number of nitrogens with two attached hydrogens (primary N) is 1. The maximum Gasteiger partial charge on any atom is 0.331 e. The largest absolute Gasteiger partial charge is 0.480 e. The van der Waals surface area contributed by atoms with Crippen molar-refractivity contribution in [3.63, 3.8) is 0 Å². The third-order valence-corrected chi connectivity index (χ3v) is 2.64. The van der Waals surface area contributed by atoms with Gasteiger partial charge in [-0.2, -0.15) is 0 Å². The highest BCUT2D eigenvalue weighted by atomic mass is 32.1. The van der Waals surface area contributed by atoms with Crippen LogP contribution >= 0.6 is 11.3 Å². The fourth-order valence-corrected chi connectivity index (χ4v) is 1.61. The van der Waals surface area contributed by atoms with Gasteiger partial charge in [0.05, 0.1) is 6.61 Å². The second-order valence-electron chi connectivity index (χ2n) is 2.41. The summed E-state index contributed by atoms with van der Waals surface area (Å²) >= 11 is 1.22. The molecule has 0 spiro atoms. The lowest BCUT2D eigenvalue weighted by atomic mass is 10.0. The highest BCUT2D eigenvalue weighted by Crippen LogP contribution is 2.22. The van der Waals surface area contributed by atoms with Gasteiger partial charge in [0.25, 0.3) is 0 Å². The van der Waals surface area contributed by atoms with Gasteiger partial charge in [0.15, 0.2) is 5.54 Å². The van der Waals surface area contributed by atoms with E-state index in [9.17, 15) is 4.79 Å². The first-order chi connectivity index (χ1) is 5.61. The van der Waals surface area contributed by atoms with Crippen molar-refractivity contribution in [3.05, 3.63) is 22.4 Å². The van der Waals surface area contributed by atoms with E-state index in [1.54, 1.807) is 17.5 Å². The molecule has 0 bridgehead atoms. The van der Waals surface area contributed by atoms with Crippen LogP contribution in [0.5, 0.6) is 0 Å². The Bertz CT molecular complexity index is 272. The van der Waals surface area contributed by atoms with Crippen LogP contribution in [-0.2, 0) is 10.3 Å². The molecule has 66 valence electrons. The molecule has 4 nitrogen and oxygen atoms in total. The highest BCUT2D eigenvalue weighted by molar-refractivity contribution is 7.10. The highest BCUT2D eigenvalue weighted by Gasteiger charge is 2.36. The minimum atomic E-state index is -1.64. The molecule has 1 aromatic rings. The molecule has 0 fully saturated rings. The predicted octanol–water partition coefficient (Wildman–Crippen LogP) is -0.0210. The van der Waals surface area contributed by atoms with Crippen LogP contribution < -0.4 is 5.73 Å². The molecule has 1 atom stereocenters. The van der Waals surface area contributed by atoms with E-state index >= 15 is 0 Å². The zero-order chi connectivity index (χ0) is 9.19. The second-order valence-corrected chi connectivity index (χ2v) is 3.36. The van der Waals surface area contributed by atoms with Gasteiger partial charge in [-0.1, -0.05) is 6.07 Å². The Morgan fingerprint density at radius 3 is 2.75 bits per heavy atom. The van der Waals surface area contributed by atoms with E-state index in [1.165, 1.54) is 11.3 Å². The molecule has 0 saturated carbocycles. The van der Waals surface area contributed by atoms with Crippen LogP contribution in [0.4, 0.5) is 0 Å². The number of aliphatic hydroxyl groups excluding tert-OH is 1. The van der Waals surface area contributed by atoms with Crippen molar-refractivity contribution in [1.82, 2.24) is 0 Å². The molecule has 0 saturated heterocycles. The third-order valence-electron chi connectivity index (χ3n) is 1.59. The summed E-state index contributed by atoms with van der Waals surface area (Å²) in [5.41, 5.74) is 3.82. The number of aliphatic hydroxyl groups is 1. The lowest BCUT2D eigenvalue weighted by molar-refractivity contribution is -0.145. The van der Waals surface area contributed by atoms with Crippen LogP contribution in [0.25, 0.3) is 0 Å². The van der Waals surface area contributed by atoms with Crippen LogP contribution in [0.3, 0.4) is 0 Å². The number of carbonyl (C=O) groups is 1. The van der Waals surface area contributed by atoms with E-state index in [0.717, 1.165) is 0 Å². The second kappa shape index (κ2) is 3.22. The molecule has 0 radical (unpaired) electrons. The first-order valence-corrected chi connectivity index (χ1v) is 4.16. The Labute approximate surface area is 73.3 Å². The zero-order valence-electron chi connectivity index (χ0n) is 6.23. The summed E-state index contributed by atoms with van der Waals surface area (Å²) < 4.78 is 0. The Morgan fingerprint density at radius 1 is 1.75 bits per heavy atom. The fraction of sp³-hybridized carbons (Fsp3) is 0.286. The molecule has 0 unspecified atom stereocenters. The van der Waals surface area contributed by atoms with E-state index in [4.69, 9.17) is 15.9 Å². The summed E-state index contributed by atoms with van der Waals surface area (Å²) in [6, 6.07) is 3.29. The molecule has 1 aromatic heterocycles. The smallest absolute Gasteiger partial charge is 0.331 e. The number of hydrogen-bond donors (Lipinski definition) is 3. The van der Waals surface area contributed by atoms with Gasteiger partial charge in [-0.05, 0) is 11.4 Å². The molecule has 5 heteroatoms. The first-order valence-electron chi connectivity index (χ1n) is 3.28. The number of carboxylic acid groups (broad SMARTS) is 1. The summed E-state index contributed by atoms with van der Waals surface area (Å²) in [5.74, 6) is -1.22. The Balaban J connectivity index is 3.04. The molecule has 1 rings (SSSR count). The summed E-state index contributed by atoms with van der Waals surface area (Å²) in [6.45, 7) is -0.594. The predicted molar refractivity (Wildman–Crippen MR) is 44.9 cm³/mol. The van der Waals surface area contributed by atoms with Gasteiger partial charge in [-0.3, -0.25) is 0 Å². The Hall–Kier alpha value is -0.910. The van der Waals surface area contributed by atoms with Crippen molar-refractivity contribution < 1.29 is 15.0 Å². The normalized spacial score (nSPS) is 15.5. The van der Waals surface area contributed by atoms with Crippen molar-refractivity contribution in [3.8, 4) is 0 Å². The minimum Gasteiger partial charge on any atom is -0.480 e. The number of hydrogen-bond acceptors (Lipinski definition) is 4. The molecule has 1 heterocycles. The summed E-state index contributed by atoms with van der Waals surface area (Å²) in [7, 11) is 0. The first kappa shape index (κ1) is 9.18. The molecular weight excluding hydrogens is 178 g/mol. The minimum absolute atomic E-state index is 0.456. The van der Waals surface area contributed by atoms with Crippen LogP contribution in [0, 0.1) is 0 Å². The molecule has 0 amide bonds. The van der Waals surface area contributed by atoms with E-state index in [1.807, 2.05) is 0 Å². The lowest BCUT2D eigenvalue weighted by Gasteiger charge is -2.19. The molecular formula is C7H9NO3S. The average molecular weight is 187 g/mol. The van der Waals surface area contributed by atoms with Gasteiger partial charge in [0.1, 0.15) is 0 Å². The van der Waals surface area contributed by atoms with Crippen molar-refractivity contribution in [2.45, 2.75) is 5.54 Å². The quantitative estimate of drug-likeness (QED) is 0.621. The maximum atomic E-state index is 10.7. The van der Waals surface area contributed by atoms with Gasteiger partial charge >= 0.3 is 5.97 Å². The fourth-order valence-electron chi connectivity index (χ4n) is 0.783. The van der Waals surface area contributed by atoms with Crippen LogP contribution in [0.15, 0.2) is 17.5 Å². The van der Waals surface area contributed by atoms with Crippen LogP contribution in [0.1, 0.15) is 4.88 Å². The zero-order valence-corrected chi connectivity index (χ0v) is 7.04. The van der Waals surface area contributed by atoms with Crippen molar-refractivity contribution in [2.75, 3.05) is 6.61 Å². The van der Waals surface area contributed by atoms with E-state index < -0.39 is 18.1 Å². The lowest BCUT2D eigenvalue weighted by Crippen LogP contribution is -2.47. The van der Waals surface area contributed by atoms with Gasteiger partial charge in [0, 0.05) is 4.88 Å². The van der Waals surface area contributed by atoms with Crippen molar-refractivity contribution in [2.24, 2.45) is 5.73 Å². The third kappa shape index (κ3) is 1.34. The van der Waals surface area contributed by atoms with Crippen LogP contribution in [0.2, 0.25) is 0 Å². The topological polar surface area (TPSA) is 83.5 Å². The maximum absolute atomic E-state index is 10.7. The SMILES string of the molecule is N[C@@](CO)(C(=O)O)c1cccs1. The standard InChI is InChI=1S/C7H9NO3S/c8-7(4-9,6(10)11)5-2-1-3-12-5/h1-3,9H,4,8H2,(H,10,11)/t7-/m1/s1. The van der Waals surface area contributed by atoms with Crippen LogP contribution in [-0.4, -0.2) is 22.8 Å². The monoisotopic (exact) mass is 187 g/mol. The van der Waals surface area contributed by atoms with E-state index in [0.29, 0.717) is 4.88 Å². The molecule has 0 aliphatic rings. The van der Waals surface area contributed by atoms with Gasteiger partial charge in [-0.15, -0.1) is 11.3 Å². The molecule has 4 N–H and O–H groups in total. The van der Waals surface area contributed by atoms with Gasteiger partial charge in [-0.25, -0.2) is 4.79 Å². The number of rotatable bonds is 3. The number of carboxylic acids is 1. The number of aliphatic carboxylic acids is 1. The Morgan fingerprint density at radius 2 is 2.42 bits per heavy atom. The summed E-state index contributed by atoms with van der Waals surface area (Å²) in [5, 5.41) is 19.3. The van der Waals surface area contributed by atoms with Gasteiger partial charge < -0.3 is 15.9 Å². The molecule has 0 aromatic carbocycles.